The first kappa shape index (κ1) is 20.9. The van der Waals surface area contributed by atoms with E-state index < -0.39 is 0 Å². The molecule has 0 saturated carbocycles. The minimum absolute atomic E-state index is 0. The van der Waals surface area contributed by atoms with E-state index in [4.69, 9.17) is 0 Å². The third-order valence-corrected chi connectivity index (χ3v) is 4.62. The molecule has 0 fully saturated rings. The molecule has 1 aromatic carbocycles. The standard InChI is InChI=1S/C18H29OP.Li.H/c1-8-20-18(19)17-15(12(4)5)9-14(11(2)3)10-16(17)13(6)7;;/h9-13,20H,8H2,1-7H3;;. The van der Waals surface area contributed by atoms with Gasteiger partial charge in [0.25, 0.3) is 0 Å². The van der Waals surface area contributed by atoms with Crippen molar-refractivity contribution in [2.24, 2.45) is 0 Å². The Balaban J connectivity index is 0.00000400. The second-order valence-corrected chi connectivity index (χ2v) is 7.91. The van der Waals surface area contributed by atoms with Gasteiger partial charge in [-0.2, -0.15) is 0 Å². The summed E-state index contributed by atoms with van der Waals surface area (Å²) in [5.74, 6) is 1.29. The third-order valence-electron chi connectivity index (χ3n) is 3.70. The topological polar surface area (TPSA) is 17.1 Å². The predicted molar refractivity (Wildman–Crippen MR) is 99.0 cm³/mol. The van der Waals surface area contributed by atoms with Gasteiger partial charge in [0.05, 0.1) is 0 Å². The number of rotatable bonds is 6. The molecule has 0 radical (unpaired) electrons. The van der Waals surface area contributed by atoms with Crippen molar-refractivity contribution in [3.05, 3.63) is 34.4 Å². The van der Waals surface area contributed by atoms with Gasteiger partial charge in [0.2, 0.25) is 0 Å². The molecule has 1 rings (SSSR count). The van der Waals surface area contributed by atoms with E-state index in [1.807, 2.05) is 0 Å². The average Bonchev–Trinajstić information content (AvgIpc) is 2.36. The molecule has 0 spiro atoms. The normalized spacial score (nSPS) is 11.7. The van der Waals surface area contributed by atoms with Gasteiger partial charge in [0.15, 0.2) is 5.52 Å². The summed E-state index contributed by atoms with van der Waals surface area (Å²) in [6.07, 6.45) is 0.944. The van der Waals surface area contributed by atoms with Crippen LogP contribution < -0.4 is 0 Å². The van der Waals surface area contributed by atoms with E-state index in [0.29, 0.717) is 31.9 Å². The van der Waals surface area contributed by atoms with Crippen LogP contribution in [0.2, 0.25) is 0 Å². The molecule has 21 heavy (non-hydrogen) atoms. The maximum atomic E-state index is 12.6. The summed E-state index contributed by atoms with van der Waals surface area (Å²) in [6, 6.07) is 4.52. The molecule has 0 heterocycles. The molecule has 114 valence electrons. The molecular formula is C18H30LiOP. The van der Waals surface area contributed by atoms with Crippen molar-refractivity contribution in [2.75, 3.05) is 6.16 Å². The van der Waals surface area contributed by atoms with Crippen LogP contribution in [0.4, 0.5) is 0 Å². The van der Waals surface area contributed by atoms with E-state index in [1.165, 1.54) is 16.7 Å². The van der Waals surface area contributed by atoms with Gasteiger partial charge in [-0.15, -0.1) is 0 Å². The molecular weight excluding hydrogens is 270 g/mol. The Morgan fingerprint density at radius 1 is 0.952 bits per heavy atom. The van der Waals surface area contributed by atoms with Gasteiger partial charge in [-0.1, -0.05) is 60.6 Å². The first-order valence-corrected chi connectivity index (χ1v) is 8.96. The molecule has 0 amide bonds. The number of benzene rings is 1. The summed E-state index contributed by atoms with van der Waals surface area (Å²) in [4.78, 5) is 12.6. The number of carbonyl (C=O) groups is 1. The zero-order chi connectivity index (χ0) is 15.4. The van der Waals surface area contributed by atoms with E-state index in [0.717, 1.165) is 11.7 Å². The van der Waals surface area contributed by atoms with Crippen LogP contribution in [0.5, 0.6) is 0 Å². The molecule has 0 aliphatic carbocycles. The van der Waals surface area contributed by atoms with Gasteiger partial charge in [-0.05, 0) is 49.2 Å². The van der Waals surface area contributed by atoms with Crippen molar-refractivity contribution in [3.63, 3.8) is 0 Å². The SMILES string of the molecule is CCPC(=O)c1c(C(C)C)cc(C(C)C)cc1C(C)C.[LiH]. The summed E-state index contributed by atoms with van der Waals surface area (Å²) in [7, 11) is 0.397. The van der Waals surface area contributed by atoms with Gasteiger partial charge in [-0.25, -0.2) is 0 Å². The van der Waals surface area contributed by atoms with E-state index in [1.54, 1.807) is 0 Å². The molecule has 0 bridgehead atoms. The zero-order valence-corrected chi connectivity index (χ0v) is 15.0. The summed E-state index contributed by atoms with van der Waals surface area (Å²) in [6.45, 7) is 15.3. The molecule has 0 saturated heterocycles. The Labute approximate surface area is 144 Å². The van der Waals surface area contributed by atoms with Crippen molar-refractivity contribution in [1.29, 1.82) is 0 Å². The fourth-order valence-electron chi connectivity index (χ4n) is 2.47. The molecule has 3 heteroatoms. The second-order valence-electron chi connectivity index (χ2n) is 6.40. The maximum absolute atomic E-state index is 12.6. The van der Waals surface area contributed by atoms with Crippen molar-refractivity contribution in [3.8, 4) is 0 Å². The van der Waals surface area contributed by atoms with Gasteiger partial charge in [-0.3, -0.25) is 4.79 Å². The van der Waals surface area contributed by atoms with Crippen LogP contribution in [0.3, 0.4) is 0 Å². The first-order chi connectivity index (χ1) is 9.29. The van der Waals surface area contributed by atoms with Crippen LogP contribution in [0.25, 0.3) is 0 Å². The molecule has 1 nitrogen and oxygen atoms in total. The van der Waals surface area contributed by atoms with E-state index in [9.17, 15) is 4.79 Å². The van der Waals surface area contributed by atoms with Crippen LogP contribution in [0, 0.1) is 0 Å². The van der Waals surface area contributed by atoms with Gasteiger partial charge in [0.1, 0.15) is 0 Å². The Kier molecular flexibility index (Phi) is 9.11. The van der Waals surface area contributed by atoms with Gasteiger partial charge >= 0.3 is 18.9 Å². The van der Waals surface area contributed by atoms with E-state index >= 15 is 0 Å². The molecule has 0 aromatic heterocycles. The van der Waals surface area contributed by atoms with Crippen LogP contribution in [0.1, 0.15) is 93.3 Å². The quantitative estimate of drug-likeness (QED) is 0.518. The van der Waals surface area contributed by atoms with Gasteiger partial charge in [0, 0.05) is 5.56 Å². The Morgan fingerprint density at radius 2 is 1.38 bits per heavy atom. The van der Waals surface area contributed by atoms with Crippen molar-refractivity contribution in [2.45, 2.75) is 66.2 Å². The fourth-order valence-corrected chi connectivity index (χ4v) is 3.25. The molecule has 1 atom stereocenters. The number of hydrogen-bond acceptors (Lipinski definition) is 1. The molecule has 0 aliphatic heterocycles. The van der Waals surface area contributed by atoms with Crippen molar-refractivity contribution in [1.82, 2.24) is 0 Å². The molecule has 0 N–H and O–H groups in total. The molecule has 1 aromatic rings. The zero-order valence-electron chi connectivity index (χ0n) is 14.0. The van der Waals surface area contributed by atoms with Crippen LogP contribution >= 0.6 is 8.58 Å². The van der Waals surface area contributed by atoms with E-state index in [2.05, 4.69) is 60.6 Å². The number of hydrogen-bond donors (Lipinski definition) is 0. The van der Waals surface area contributed by atoms with E-state index in [-0.39, 0.29) is 18.9 Å². The van der Waals surface area contributed by atoms with Gasteiger partial charge < -0.3 is 0 Å². The van der Waals surface area contributed by atoms with Crippen LogP contribution in [-0.2, 0) is 0 Å². The average molecular weight is 300 g/mol. The third kappa shape index (κ3) is 5.24. The predicted octanol–water partition coefficient (Wildman–Crippen LogP) is 5.25. The molecule has 0 aliphatic rings. The monoisotopic (exact) mass is 300 g/mol. The Hall–Kier alpha value is -0.0826. The van der Waals surface area contributed by atoms with Crippen LogP contribution in [0.15, 0.2) is 12.1 Å². The van der Waals surface area contributed by atoms with Crippen molar-refractivity contribution < 1.29 is 4.79 Å². The summed E-state index contributed by atoms with van der Waals surface area (Å²) in [5.41, 5.74) is 5.19. The summed E-state index contributed by atoms with van der Waals surface area (Å²) >= 11 is 0. The fraction of sp³-hybridized carbons (Fsp3) is 0.611. The first-order valence-electron chi connectivity index (χ1n) is 7.75. The Morgan fingerprint density at radius 3 is 1.67 bits per heavy atom. The minimum atomic E-state index is 0. The van der Waals surface area contributed by atoms with Crippen LogP contribution in [-0.4, -0.2) is 30.5 Å². The Bertz CT molecular complexity index is 449. The number of carbonyl (C=O) groups excluding carboxylic acids is 1. The summed E-state index contributed by atoms with van der Waals surface area (Å²) < 4.78 is 0. The molecule has 1 unspecified atom stereocenters. The van der Waals surface area contributed by atoms with Crippen molar-refractivity contribution >= 4 is 33.0 Å². The summed E-state index contributed by atoms with van der Waals surface area (Å²) in [5, 5.41) is 0. The second kappa shape index (κ2) is 9.15.